The first-order valence-corrected chi connectivity index (χ1v) is 3.55. The quantitative estimate of drug-likeness (QED) is 0.430. The molecule has 8 heteroatoms. The molecule has 0 aromatic heterocycles. The van der Waals surface area contributed by atoms with Crippen LogP contribution in [-0.4, -0.2) is 16.1 Å². The van der Waals surface area contributed by atoms with Gasteiger partial charge in [0.05, 0.1) is 9.85 Å². The van der Waals surface area contributed by atoms with Gasteiger partial charge in [-0.1, -0.05) is 0 Å². The highest BCUT2D eigenvalue weighted by molar-refractivity contribution is 5.78. The van der Waals surface area contributed by atoms with E-state index in [9.17, 15) is 29.4 Å². The van der Waals surface area contributed by atoms with Crippen molar-refractivity contribution >= 4 is 17.7 Å². The van der Waals surface area contributed by atoms with Gasteiger partial charge in [-0.15, -0.1) is 0 Å². The van der Waals surface area contributed by atoms with Crippen molar-refractivity contribution in [2.75, 3.05) is 0 Å². The zero-order valence-electron chi connectivity index (χ0n) is 7.05. The van der Waals surface area contributed by atoms with Crippen molar-refractivity contribution < 1.29 is 19.0 Å². The summed E-state index contributed by atoms with van der Waals surface area (Å²) in [6.07, 6.45) is 0.166. The van der Waals surface area contributed by atoms with Crippen LogP contribution in [0.1, 0.15) is 10.4 Å². The molecule has 0 radical (unpaired) electrons. The van der Waals surface area contributed by atoms with Crippen molar-refractivity contribution in [3.8, 4) is 0 Å². The fraction of sp³-hybridized carbons (Fsp3) is 0. The Balaban J connectivity index is 3.53. The van der Waals surface area contributed by atoms with Crippen molar-refractivity contribution in [3.05, 3.63) is 43.7 Å². The van der Waals surface area contributed by atoms with Crippen LogP contribution < -0.4 is 0 Å². The molecule has 0 saturated carbocycles. The number of carbonyl (C=O) groups is 1. The summed E-state index contributed by atoms with van der Waals surface area (Å²) in [4.78, 5) is 28.6. The standard InChI is InChI=1S/C7H3FN2O5/c8-7-5(9(12)13)1-4(3-11)2-6(7)10(14)15/h1-3H. The molecule has 1 aromatic carbocycles. The van der Waals surface area contributed by atoms with Crippen LogP contribution in [0.5, 0.6) is 0 Å². The predicted octanol–water partition coefficient (Wildman–Crippen LogP) is 1.45. The molecule has 0 heterocycles. The number of benzene rings is 1. The highest BCUT2D eigenvalue weighted by atomic mass is 19.1. The van der Waals surface area contributed by atoms with Gasteiger partial charge in [0.15, 0.2) is 6.29 Å². The van der Waals surface area contributed by atoms with Gasteiger partial charge in [-0.05, 0) is 0 Å². The van der Waals surface area contributed by atoms with E-state index >= 15 is 0 Å². The molecule has 1 rings (SSSR count). The maximum atomic E-state index is 13.1. The summed E-state index contributed by atoms with van der Waals surface area (Å²) in [7, 11) is 0. The third-order valence-electron chi connectivity index (χ3n) is 1.59. The van der Waals surface area contributed by atoms with Crippen molar-refractivity contribution in [1.82, 2.24) is 0 Å². The first-order chi connectivity index (χ1) is 6.97. The van der Waals surface area contributed by atoms with Gasteiger partial charge in [0.2, 0.25) is 0 Å². The summed E-state index contributed by atoms with van der Waals surface area (Å²) in [6.45, 7) is 0. The van der Waals surface area contributed by atoms with E-state index in [-0.39, 0.29) is 11.8 Å². The lowest BCUT2D eigenvalue weighted by molar-refractivity contribution is -0.399. The van der Waals surface area contributed by atoms with E-state index in [0.717, 1.165) is 0 Å². The molecule has 1 aromatic rings. The largest absolute Gasteiger partial charge is 0.312 e. The van der Waals surface area contributed by atoms with E-state index in [1.54, 1.807) is 0 Å². The molecular weight excluding hydrogens is 211 g/mol. The first-order valence-electron chi connectivity index (χ1n) is 3.55. The fourth-order valence-electron chi connectivity index (χ4n) is 0.949. The Morgan fingerprint density at radius 2 is 1.53 bits per heavy atom. The smallest absolute Gasteiger partial charge is 0.298 e. The molecular formula is C7H3FN2O5. The summed E-state index contributed by atoms with van der Waals surface area (Å²) in [5.41, 5.74) is -2.51. The lowest BCUT2D eigenvalue weighted by Crippen LogP contribution is -2.00. The third kappa shape index (κ3) is 1.93. The fourth-order valence-corrected chi connectivity index (χ4v) is 0.949. The number of aldehydes is 1. The second-order valence-corrected chi connectivity index (χ2v) is 2.51. The molecule has 7 nitrogen and oxygen atoms in total. The second-order valence-electron chi connectivity index (χ2n) is 2.51. The number of nitrogens with zero attached hydrogens (tertiary/aromatic N) is 2. The highest BCUT2D eigenvalue weighted by Crippen LogP contribution is 2.27. The minimum absolute atomic E-state index is 0.166. The van der Waals surface area contributed by atoms with Crippen LogP contribution in [0.4, 0.5) is 15.8 Å². The molecule has 0 atom stereocenters. The lowest BCUT2D eigenvalue weighted by atomic mass is 10.2. The van der Waals surface area contributed by atoms with E-state index in [1.165, 1.54) is 0 Å². The van der Waals surface area contributed by atoms with Crippen LogP contribution in [0.3, 0.4) is 0 Å². The normalized spacial score (nSPS) is 9.67. The summed E-state index contributed by atoms with van der Waals surface area (Å²) in [5.74, 6) is -1.56. The number of hydrogen-bond acceptors (Lipinski definition) is 5. The van der Waals surface area contributed by atoms with Gasteiger partial charge in [-0.2, -0.15) is 4.39 Å². The Morgan fingerprint density at radius 1 is 1.13 bits per heavy atom. The molecule has 78 valence electrons. The number of rotatable bonds is 3. The Kier molecular flexibility index (Phi) is 2.70. The molecule has 0 N–H and O–H groups in total. The number of hydrogen-bond donors (Lipinski definition) is 0. The Labute approximate surface area is 81.4 Å². The van der Waals surface area contributed by atoms with Crippen molar-refractivity contribution in [2.24, 2.45) is 0 Å². The van der Waals surface area contributed by atoms with E-state index in [0.29, 0.717) is 12.1 Å². The molecule has 0 amide bonds. The first kappa shape index (κ1) is 10.7. The van der Waals surface area contributed by atoms with Gasteiger partial charge in [0, 0.05) is 17.7 Å². The van der Waals surface area contributed by atoms with Gasteiger partial charge in [0.1, 0.15) is 0 Å². The SMILES string of the molecule is O=Cc1cc([N+](=O)[O-])c(F)c([N+](=O)[O-])c1. The third-order valence-corrected chi connectivity index (χ3v) is 1.59. The molecule has 0 aliphatic carbocycles. The van der Waals surface area contributed by atoms with Gasteiger partial charge >= 0.3 is 11.4 Å². The van der Waals surface area contributed by atoms with Gasteiger partial charge in [-0.25, -0.2) is 0 Å². The maximum Gasteiger partial charge on any atom is 0.312 e. The van der Waals surface area contributed by atoms with Crippen LogP contribution in [0.25, 0.3) is 0 Å². The average Bonchev–Trinajstić information content (AvgIpc) is 2.17. The van der Waals surface area contributed by atoms with Crippen molar-refractivity contribution in [3.63, 3.8) is 0 Å². The Hall–Kier alpha value is -2.38. The minimum Gasteiger partial charge on any atom is -0.298 e. The molecule has 0 saturated heterocycles. The topological polar surface area (TPSA) is 103 Å². The summed E-state index contributed by atoms with van der Waals surface area (Å²) < 4.78 is 13.1. The molecule has 15 heavy (non-hydrogen) atoms. The Morgan fingerprint density at radius 3 is 1.80 bits per heavy atom. The molecule has 0 aliphatic heterocycles. The van der Waals surface area contributed by atoms with Crippen molar-refractivity contribution in [1.29, 1.82) is 0 Å². The van der Waals surface area contributed by atoms with Gasteiger partial charge < -0.3 is 0 Å². The van der Waals surface area contributed by atoms with Gasteiger partial charge in [0.25, 0.3) is 5.82 Å². The summed E-state index contributed by atoms with van der Waals surface area (Å²) in [6, 6.07) is 1.27. The average molecular weight is 214 g/mol. The molecule has 0 spiro atoms. The van der Waals surface area contributed by atoms with Gasteiger partial charge in [-0.3, -0.25) is 25.0 Å². The molecule has 0 aliphatic rings. The van der Waals surface area contributed by atoms with Crippen LogP contribution in [0, 0.1) is 26.0 Å². The van der Waals surface area contributed by atoms with E-state index < -0.39 is 27.0 Å². The number of halogens is 1. The zero-order chi connectivity index (χ0) is 11.6. The highest BCUT2D eigenvalue weighted by Gasteiger charge is 2.26. The second kappa shape index (κ2) is 3.78. The van der Waals surface area contributed by atoms with E-state index in [1.807, 2.05) is 0 Å². The number of carbonyl (C=O) groups excluding carboxylic acids is 1. The molecule has 0 unspecified atom stereocenters. The number of nitro groups is 2. The molecule has 0 fully saturated rings. The van der Waals surface area contributed by atoms with Crippen LogP contribution in [0.2, 0.25) is 0 Å². The van der Waals surface area contributed by atoms with E-state index in [4.69, 9.17) is 0 Å². The summed E-state index contributed by atoms with van der Waals surface area (Å²) >= 11 is 0. The van der Waals surface area contributed by atoms with Crippen molar-refractivity contribution in [2.45, 2.75) is 0 Å². The van der Waals surface area contributed by atoms with Crippen LogP contribution >= 0.6 is 0 Å². The maximum absolute atomic E-state index is 13.1. The van der Waals surface area contributed by atoms with E-state index in [2.05, 4.69) is 0 Å². The van der Waals surface area contributed by atoms with Crippen LogP contribution in [-0.2, 0) is 0 Å². The lowest BCUT2D eigenvalue weighted by Gasteiger charge is -1.97. The Bertz CT molecular complexity index is 424. The minimum atomic E-state index is -1.56. The monoisotopic (exact) mass is 214 g/mol. The van der Waals surface area contributed by atoms with Crippen LogP contribution in [0.15, 0.2) is 12.1 Å². The number of nitro benzene ring substituents is 2. The zero-order valence-corrected chi connectivity index (χ0v) is 7.05. The predicted molar refractivity (Wildman–Crippen MR) is 45.1 cm³/mol. The summed E-state index contributed by atoms with van der Waals surface area (Å²) in [5, 5.41) is 20.6. The molecule has 0 bridgehead atoms.